The quantitative estimate of drug-likeness (QED) is 0.432. The highest BCUT2D eigenvalue weighted by atomic mass is 15.0. The summed E-state index contributed by atoms with van der Waals surface area (Å²) in [6, 6.07) is 8.04. The molecule has 0 aliphatic heterocycles. The zero-order valence-corrected chi connectivity index (χ0v) is 19.1. The first kappa shape index (κ1) is 22.4. The van der Waals surface area contributed by atoms with Crippen LogP contribution < -0.4 is 5.32 Å². The Morgan fingerprint density at radius 3 is 2.29 bits per heavy atom. The molecule has 28 heavy (non-hydrogen) atoms. The summed E-state index contributed by atoms with van der Waals surface area (Å²) in [5, 5.41) is 3.70. The minimum absolute atomic E-state index is 0.412. The molecule has 1 saturated carbocycles. The van der Waals surface area contributed by atoms with Crippen LogP contribution in [0.5, 0.6) is 0 Å². The fourth-order valence-electron chi connectivity index (χ4n) is 4.07. The lowest BCUT2D eigenvalue weighted by Crippen LogP contribution is -2.20. The third kappa shape index (κ3) is 5.35. The van der Waals surface area contributed by atoms with Gasteiger partial charge >= 0.3 is 0 Å². The molecule has 1 aromatic rings. The van der Waals surface area contributed by atoms with Crippen molar-refractivity contribution >= 4 is 5.57 Å². The van der Waals surface area contributed by atoms with Gasteiger partial charge in [0.05, 0.1) is 0 Å². The highest BCUT2D eigenvalue weighted by molar-refractivity contribution is 5.75. The second-order valence-corrected chi connectivity index (χ2v) is 8.65. The highest BCUT2D eigenvalue weighted by Crippen LogP contribution is 2.34. The number of benzene rings is 1. The van der Waals surface area contributed by atoms with E-state index in [0.717, 1.165) is 30.0 Å². The molecule has 1 aliphatic carbocycles. The van der Waals surface area contributed by atoms with Crippen molar-refractivity contribution in [1.29, 1.82) is 0 Å². The molecule has 0 radical (unpaired) electrons. The SMILES string of the molecule is C=C(C)/C(C(=C)/C(C)=C(\C)c1ccc(C(C)NC2CC2)cc1C)=C(\C)CCC. The summed E-state index contributed by atoms with van der Waals surface area (Å²) >= 11 is 0. The van der Waals surface area contributed by atoms with Crippen LogP contribution in [0, 0.1) is 6.92 Å². The van der Waals surface area contributed by atoms with Crippen molar-refractivity contribution in [2.24, 2.45) is 0 Å². The van der Waals surface area contributed by atoms with Crippen molar-refractivity contribution in [2.75, 3.05) is 0 Å². The summed E-state index contributed by atoms with van der Waals surface area (Å²) < 4.78 is 0. The fourth-order valence-corrected chi connectivity index (χ4v) is 4.07. The lowest BCUT2D eigenvalue weighted by atomic mass is 9.86. The number of nitrogens with one attached hydrogen (secondary N) is 1. The molecule has 0 bridgehead atoms. The molecule has 1 aromatic carbocycles. The molecule has 1 nitrogen and oxygen atoms in total. The number of aryl methyl sites for hydroxylation is 1. The van der Waals surface area contributed by atoms with Gasteiger partial charge in [-0.15, -0.1) is 0 Å². The maximum Gasteiger partial charge on any atom is 0.0294 e. The van der Waals surface area contributed by atoms with E-state index in [9.17, 15) is 0 Å². The van der Waals surface area contributed by atoms with Crippen molar-refractivity contribution < 1.29 is 0 Å². The van der Waals surface area contributed by atoms with E-state index in [4.69, 9.17) is 0 Å². The van der Waals surface area contributed by atoms with E-state index in [2.05, 4.69) is 85.1 Å². The van der Waals surface area contributed by atoms with Crippen LogP contribution in [-0.4, -0.2) is 6.04 Å². The van der Waals surface area contributed by atoms with Gasteiger partial charge < -0.3 is 5.32 Å². The molecule has 0 aromatic heterocycles. The molecule has 0 saturated heterocycles. The van der Waals surface area contributed by atoms with Gasteiger partial charge in [-0.3, -0.25) is 0 Å². The van der Waals surface area contributed by atoms with Crippen molar-refractivity contribution in [3.8, 4) is 0 Å². The smallest absolute Gasteiger partial charge is 0.0294 e. The Morgan fingerprint density at radius 2 is 1.79 bits per heavy atom. The van der Waals surface area contributed by atoms with E-state index >= 15 is 0 Å². The molecular weight excluding hydrogens is 338 g/mol. The first-order valence-corrected chi connectivity index (χ1v) is 10.8. The molecule has 2 rings (SSSR count). The third-order valence-corrected chi connectivity index (χ3v) is 6.01. The minimum Gasteiger partial charge on any atom is -0.307 e. The maximum absolute atomic E-state index is 4.45. The first-order chi connectivity index (χ1) is 13.2. The van der Waals surface area contributed by atoms with Gasteiger partial charge in [-0.25, -0.2) is 0 Å². The molecule has 0 spiro atoms. The van der Waals surface area contributed by atoms with Crippen LogP contribution in [0.15, 0.2) is 59.2 Å². The van der Waals surface area contributed by atoms with Crippen molar-refractivity contribution in [1.82, 2.24) is 5.32 Å². The van der Waals surface area contributed by atoms with E-state index in [-0.39, 0.29) is 0 Å². The van der Waals surface area contributed by atoms with E-state index < -0.39 is 0 Å². The maximum atomic E-state index is 4.45. The molecule has 1 aliphatic rings. The van der Waals surface area contributed by atoms with Gasteiger partial charge in [0.25, 0.3) is 0 Å². The third-order valence-electron chi connectivity index (χ3n) is 6.01. The normalized spacial score (nSPS) is 17.0. The average molecular weight is 378 g/mol. The van der Waals surface area contributed by atoms with E-state index in [1.807, 2.05) is 0 Å². The van der Waals surface area contributed by atoms with E-state index in [0.29, 0.717) is 6.04 Å². The second kappa shape index (κ2) is 9.56. The van der Waals surface area contributed by atoms with Crippen molar-refractivity contribution in [3.63, 3.8) is 0 Å². The Hall–Kier alpha value is -1.86. The average Bonchev–Trinajstić information content (AvgIpc) is 3.44. The van der Waals surface area contributed by atoms with Crippen molar-refractivity contribution in [3.05, 3.63) is 75.9 Å². The van der Waals surface area contributed by atoms with Crippen LogP contribution >= 0.6 is 0 Å². The Balaban J connectivity index is 2.34. The van der Waals surface area contributed by atoms with E-state index in [1.165, 1.54) is 51.8 Å². The molecule has 0 heterocycles. The summed E-state index contributed by atoms with van der Waals surface area (Å²) in [5.74, 6) is 0. The van der Waals surface area contributed by atoms with Gasteiger partial charge in [0.2, 0.25) is 0 Å². The van der Waals surface area contributed by atoms with Gasteiger partial charge in [0.15, 0.2) is 0 Å². The Labute approximate surface area is 173 Å². The van der Waals surface area contributed by atoms with Gasteiger partial charge in [0.1, 0.15) is 0 Å². The standard InChI is InChI=1S/C27H39N/c1-10-11-18(4)27(17(2)3)22(8)20(6)21(7)26-15-12-24(16-19(26)5)23(9)28-25-13-14-25/h12,15-16,23,25,28H,2,8,10-11,13-14H2,1,3-7,9H3/b21-20+,27-18-. The molecule has 1 heteroatoms. The number of rotatable bonds is 9. The van der Waals surface area contributed by atoms with Crippen molar-refractivity contribution in [2.45, 2.75) is 86.2 Å². The van der Waals surface area contributed by atoms with Crippen LogP contribution in [0.4, 0.5) is 0 Å². The van der Waals surface area contributed by atoms with Gasteiger partial charge in [0, 0.05) is 12.1 Å². The van der Waals surface area contributed by atoms with Crippen LogP contribution in [0.25, 0.3) is 5.57 Å². The highest BCUT2D eigenvalue weighted by Gasteiger charge is 2.23. The number of hydrogen-bond acceptors (Lipinski definition) is 1. The fraction of sp³-hybridized carbons (Fsp3) is 0.481. The molecule has 0 amide bonds. The molecular formula is C27H39N. The van der Waals surface area contributed by atoms with Crippen LogP contribution in [0.1, 0.15) is 90.0 Å². The Morgan fingerprint density at radius 1 is 1.14 bits per heavy atom. The number of hydrogen-bond donors (Lipinski definition) is 1. The zero-order chi connectivity index (χ0) is 21.0. The molecule has 1 N–H and O–H groups in total. The summed E-state index contributed by atoms with van der Waals surface area (Å²) in [7, 11) is 0. The molecule has 1 unspecified atom stereocenters. The lowest BCUT2D eigenvalue weighted by Gasteiger charge is -2.20. The second-order valence-electron chi connectivity index (χ2n) is 8.65. The monoisotopic (exact) mass is 377 g/mol. The summed E-state index contributed by atoms with van der Waals surface area (Å²) in [6.07, 6.45) is 4.87. The van der Waals surface area contributed by atoms with Gasteiger partial charge in [-0.05, 0) is 99.8 Å². The van der Waals surface area contributed by atoms with E-state index in [1.54, 1.807) is 0 Å². The van der Waals surface area contributed by atoms with Crippen LogP contribution in [-0.2, 0) is 0 Å². The Bertz CT molecular complexity index is 815. The predicted molar refractivity (Wildman–Crippen MR) is 126 cm³/mol. The zero-order valence-electron chi connectivity index (χ0n) is 19.1. The first-order valence-electron chi connectivity index (χ1n) is 10.8. The number of allylic oxidation sites excluding steroid dienone is 6. The lowest BCUT2D eigenvalue weighted by molar-refractivity contribution is 0.571. The molecule has 1 atom stereocenters. The largest absolute Gasteiger partial charge is 0.307 e. The predicted octanol–water partition coefficient (Wildman–Crippen LogP) is 7.85. The van der Waals surface area contributed by atoms with Crippen LogP contribution in [0.2, 0.25) is 0 Å². The van der Waals surface area contributed by atoms with Gasteiger partial charge in [-0.1, -0.05) is 55.8 Å². The molecule has 1 fully saturated rings. The Kier molecular flexibility index (Phi) is 7.66. The van der Waals surface area contributed by atoms with Gasteiger partial charge in [-0.2, -0.15) is 0 Å². The summed E-state index contributed by atoms with van der Waals surface area (Å²) in [6.45, 7) is 24.1. The minimum atomic E-state index is 0.412. The summed E-state index contributed by atoms with van der Waals surface area (Å²) in [5.41, 5.74) is 11.4. The topological polar surface area (TPSA) is 12.0 Å². The molecule has 152 valence electrons. The summed E-state index contributed by atoms with van der Waals surface area (Å²) in [4.78, 5) is 0. The van der Waals surface area contributed by atoms with Crippen LogP contribution in [0.3, 0.4) is 0 Å².